The zero-order chi connectivity index (χ0) is 13.2. The summed E-state index contributed by atoms with van der Waals surface area (Å²) in [5.74, 6) is 0. The van der Waals surface area contributed by atoms with Crippen LogP contribution in [0.15, 0.2) is 18.2 Å². The first-order valence-corrected chi connectivity index (χ1v) is 5.37. The van der Waals surface area contributed by atoms with Crippen molar-refractivity contribution in [2.75, 3.05) is 19.0 Å². The molecule has 1 atom stereocenters. The van der Waals surface area contributed by atoms with Crippen molar-refractivity contribution in [1.29, 1.82) is 0 Å². The van der Waals surface area contributed by atoms with E-state index >= 15 is 0 Å². The largest absolute Gasteiger partial charge is 0.390 e. The first-order valence-electron chi connectivity index (χ1n) is 5.00. The molecule has 0 aliphatic heterocycles. The minimum absolute atomic E-state index is 0. The summed E-state index contributed by atoms with van der Waals surface area (Å²) in [5, 5.41) is 0.257. The Hall–Kier alpha value is -0.650. The van der Waals surface area contributed by atoms with Gasteiger partial charge in [-0.25, -0.2) is 0 Å². The fraction of sp³-hybridized carbons (Fsp3) is 0.455. The van der Waals surface area contributed by atoms with Crippen molar-refractivity contribution >= 4 is 29.7 Å². The topological polar surface area (TPSA) is 29.3 Å². The van der Waals surface area contributed by atoms with Crippen LogP contribution in [0.4, 0.5) is 18.9 Å². The van der Waals surface area contributed by atoms with Crippen molar-refractivity contribution in [2.24, 2.45) is 5.73 Å². The number of benzene rings is 1. The first-order chi connectivity index (χ1) is 7.70. The fourth-order valence-electron chi connectivity index (χ4n) is 1.45. The quantitative estimate of drug-likeness (QED) is 0.920. The van der Waals surface area contributed by atoms with Gasteiger partial charge >= 0.3 is 6.18 Å². The van der Waals surface area contributed by atoms with Gasteiger partial charge in [0.1, 0.15) is 0 Å². The monoisotopic (exact) mass is 302 g/mol. The summed E-state index contributed by atoms with van der Waals surface area (Å²) >= 11 is 5.92. The molecule has 0 aromatic heterocycles. The molecule has 0 heterocycles. The normalized spacial score (nSPS) is 12.8. The molecule has 1 aromatic carbocycles. The van der Waals surface area contributed by atoms with E-state index in [1.54, 1.807) is 12.1 Å². The molecule has 7 heteroatoms. The van der Waals surface area contributed by atoms with Crippen LogP contribution in [0.3, 0.4) is 0 Å². The second-order valence-electron chi connectivity index (χ2n) is 4.03. The number of halogens is 5. The summed E-state index contributed by atoms with van der Waals surface area (Å²) in [6.07, 6.45) is -5.36. The Morgan fingerprint density at radius 2 is 1.89 bits per heavy atom. The molecule has 0 saturated carbocycles. The molecule has 0 spiro atoms. The number of nitrogens with zero attached hydrogens (tertiary/aromatic N) is 1. The molecule has 0 radical (unpaired) electrons. The van der Waals surface area contributed by atoms with Crippen molar-refractivity contribution in [1.82, 2.24) is 0 Å². The van der Waals surface area contributed by atoms with Gasteiger partial charge in [-0.2, -0.15) is 13.2 Å². The standard InChI is InChI=1S/C11H14ClF3N2.ClH/c1-17(2)7-3-4-8(9(12)5-7)10(16)6-11(13,14)15;/h3-5,10H,6,16H2,1-2H3;1H/t10-;/m1./s1. The zero-order valence-corrected chi connectivity index (χ0v) is 11.5. The highest BCUT2D eigenvalue weighted by Crippen LogP contribution is 2.32. The van der Waals surface area contributed by atoms with E-state index in [0.717, 1.165) is 5.69 Å². The van der Waals surface area contributed by atoms with Gasteiger partial charge in [-0.1, -0.05) is 17.7 Å². The molecule has 0 unspecified atom stereocenters. The molecule has 18 heavy (non-hydrogen) atoms. The van der Waals surface area contributed by atoms with E-state index in [1.165, 1.54) is 6.07 Å². The van der Waals surface area contributed by atoms with E-state index in [9.17, 15) is 13.2 Å². The molecule has 2 nitrogen and oxygen atoms in total. The van der Waals surface area contributed by atoms with E-state index in [4.69, 9.17) is 17.3 Å². The lowest BCUT2D eigenvalue weighted by Gasteiger charge is -2.18. The molecular weight excluding hydrogens is 288 g/mol. The summed E-state index contributed by atoms with van der Waals surface area (Å²) in [6.45, 7) is 0. The van der Waals surface area contributed by atoms with Gasteiger partial charge in [-0.05, 0) is 17.7 Å². The number of alkyl halides is 3. The van der Waals surface area contributed by atoms with Crippen LogP contribution >= 0.6 is 24.0 Å². The van der Waals surface area contributed by atoms with Gasteiger partial charge in [0.15, 0.2) is 0 Å². The summed E-state index contributed by atoms with van der Waals surface area (Å²) in [5.41, 5.74) is 6.62. The Morgan fingerprint density at radius 1 is 1.33 bits per heavy atom. The molecule has 0 saturated heterocycles. The van der Waals surface area contributed by atoms with E-state index in [2.05, 4.69) is 0 Å². The smallest absolute Gasteiger partial charge is 0.378 e. The Labute approximate surface area is 115 Å². The molecule has 0 aliphatic rings. The molecule has 0 fully saturated rings. The SMILES string of the molecule is CN(C)c1ccc([C@H](N)CC(F)(F)F)c(Cl)c1.Cl. The predicted octanol–water partition coefficient (Wildman–Crippen LogP) is 3.78. The molecule has 104 valence electrons. The van der Waals surface area contributed by atoms with Crippen LogP contribution in [0.1, 0.15) is 18.0 Å². The number of rotatable bonds is 3. The van der Waals surface area contributed by atoms with E-state index < -0.39 is 18.6 Å². The van der Waals surface area contributed by atoms with Gasteiger partial charge in [0, 0.05) is 30.8 Å². The van der Waals surface area contributed by atoms with Gasteiger partial charge in [0.25, 0.3) is 0 Å². The number of anilines is 1. The third-order valence-electron chi connectivity index (χ3n) is 2.35. The molecular formula is C11H15Cl2F3N2. The summed E-state index contributed by atoms with van der Waals surface area (Å²) in [6, 6.07) is 3.71. The lowest BCUT2D eigenvalue weighted by molar-refractivity contribution is -0.138. The highest BCUT2D eigenvalue weighted by atomic mass is 35.5. The molecule has 0 aliphatic carbocycles. The Kier molecular flexibility index (Phi) is 6.26. The third-order valence-corrected chi connectivity index (χ3v) is 2.68. The Bertz CT molecular complexity index is 394. The van der Waals surface area contributed by atoms with Crippen molar-refractivity contribution in [3.05, 3.63) is 28.8 Å². The number of hydrogen-bond donors (Lipinski definition) is 1. The minimum Gasteiger partial charge on any atom is -0.378 e. The molecule has 2 N–H and O–H groups in total. The van der Waals surface area contributed by atoms with Gasteiger partial charge in [-0.15, -0.1) is 12.4 Å². The van der Waals surface area contributed by atoms with Crippen LogP contribution in [0.5, 0.6) is 0 Å². The van der Waals surface area contributed by atoms with Gasteiger partial charge < -0.3 is 10.6 Å². The van der Waals surface area contributed by atoms with Gasteiger partial charge in [0.2, 0.25) is 0 Å². The highest BCUT2D eigenvalue weighted by Gasteiger charge is 2.31. The highest BCUT2D eigenvalue weighted by molar-refractivity contribution is 6.31. The van der Waals surface area contributed by atoms with Gasteiger partial charge in [0.05, 0.1) is 6.42 Å². The van der Waals surface area contributed by atoms with Crippen LogP contribution in [0.25, 0.3) is 0 Å². The lowest BCUT2D eigenvalue weighted by atomic mass is 10.0. The van der Waals surface area contributed by atoms with Crippen molar-refractivity contribution in [3.63, 3.8) is 0 Å². The van der Waals surface area contributed by atoms with Crippen molar-refractivity contribution < 1.29 is 13.2 Å². The molecule has 0 bridgehead atoms. The van der Waals surface area contributed by atoms with Crippen LogP contribution in [0, 0.1) is 0 Å². The summed E-state index contributed by atoms with van der Waals surface area (Å²) in [4.78, 5) is 1.81. The number of nitrogens with two attached hydrogens (primary N) is 1. The first kappa shape index (κ1) is 17.4. The second-order valence-corrected chi connectivity index (χ2v) is 4.43. The van der Waals surface area contributed by atoms with Crippen LogP contribution in [-0.2, 0) is 0 Å². The van der Waals surface area contributed by atoms with Crippen molar-refractivity contribution in [3.8, 4) is 0 Å². The van der Waals surface area contributed by atoms with Gasteiger partial charge in [-0.3, -0.25) is 0 Å². The second kappa shape index (κ2) is 6.50. The Balaban J connectivity index is 0.00000289. The Morgan fingerprint density at radius 3 is 2.28 bits per heavy atom. The fourth-order valence-corrected chi connectivity index (χ4v) is 1.77. The van der Waals surface area contributed by atoms with Crippen LogP contribution < -0.4 is 10.6 Å². The van der Waals surface area contributed by atoms with Crippen LogP contribution in [0.2, 0.25) is 5.02 Å². The maximum Gasteiger partial charge on any atom is 0.390 e. The zero-order valence-electron chi connectivity index (χ0n) is 9.96. The minimum atomic E-state index is -4.29. The van der Waals surface area contributed by atoms with E-state index in [0.29, 0.717) is 5.56 Å². The lowest BCUT2D eigenvalue weighted by Crippen LogP contribution is -2.20. The van der Waals surface area contributed by atoms with Crippen LogP contribution in [-0.4, -0.2) is 20.3 Å². The maximum atomic E-state index is 12.2. The summed E-state index contributed by atoms with van der Waals surface area (Å²) in [7, 11) is 3.64. The average Bonchev–Trinajstić information content (AvgIpc) is 2.14. The summed E-state index contributed by atoms with van der Waals surface area (Å²) < 4.78 is 36.6. The van der Waals surface area contributed by atoms with Crippen molar-refractivity contribution in [2.45, 2.75) is 18.6 Å². The molecule has 0 amide bonds. The maximum absolute atomic E-state index is 12.2. The number of hydrogen-bond acceptors (Lipinski definition) is 2. The van der Waals surface area contributed by atoms with E-state index in [-0.39, 0.29) is 17.4 Å². The predicted molar refractivity (Wildman–Crippen MR) is 70.6 cm³/mol. The molecule has 1 rings (SSSR count). The third kappa shape index (κ3) is 4.92. The van der Waals surface area contributed by atoms with E-state index in [1.807, 2.05) is 19.0 Å². The average molecular weight is 303 g/mol. The molecule has 1 aromatic rings.